The molecular formula is C24H26N2O6S. The first-order chi connectivity index (χ1) is 15.7. The van der Waals surface area contributed by atoms with Gasteiger partial charge < -0.3 is 19.1 Å². The highest BCUT2D eigenvalue weighted by Crippen LogP contribution is 2.32. The van der Waals surface area contributed by atoms with Gasteiger partial charge in [0.15, 0.2) is 11.5 Å². The van der Waals surface area contributed by atoms with Crippen molar-refractivity contribution in [2.24, 2.45) is 0 Å². The van der Waals surface area contributed by atoms with Crippen LogP contribution in [0.2, 0.25) is 0 Å². The standard InChI is InChI=1S/C24H26N2O6S/c1-25(19-11-14-22(31-4)23(16-19)32-5)24(27)17-7-6-8-21(15-17)33(28,29)26(2)18-9-12-20(30-3)13-10-18/h6-16H,1-5H3. The van der Waals surface area contributed by atoms with Gasteiger partial charge in [-0.1, -0.05) is 6.07 Å². The van der Waals surface area contributed by atoms with E-state index in [9.17, 15) is 13.2 Å². The Hall–Kier alpha value is -3.72. The van der Waals surface area contributed by atoms with Crippen molar-refractivity contribution in [2.45, 2.75) is 4.90 Å². The molecule has 0 unspecified atom stereocenters. The van der Waals surface area contributed by atoms with Gasteiger partial charge in [0.05, 0.1) is 31.9 Å². The maximum Gasteiger partial charge on any atom is 0.264 e. The second-order valence-electron chi connectivity index (χ2n) is 7.10. The number of hydrogen-bond donors (Lipinski definition) is 0. The Morgan fingerprint density at radius 1 is 0.758 bits per heavy atom. The van der Waals surface area contributed by atoms with E-state index < -0.39 is 10.0 Å². The van der Waals surface area contributed by atoms with Gasteiger partial charge in [-0.25, -0.2) is 8.42 Å². The summed E-state index contributed by atoms with van der Waals surface area (Å²) in [6.45, 7) is 0. The normalized spacial score (nSPS) is 10.9. The van der Waals surface area contributed by atoms with E-state index in [-0.39, 0.29) is 16.4 Å². The topological polar surface area (TPSA) is 85.4 Å². The fraction of sp³-hybridized carbons (Fsp3) is 0.208. The summed E-state index contributed by atoms with van der Waals surface area (Å²) in [5.41, 5.74) is 1.27. The van der Waals surface area contributed by atoms with Crippen molar-refractivity contribution in [1.82, 2.24) is 0 Å². The second-order valence-corrected chi connectivity index (χ2v) is 9.07. The highest BCUT2D eigenvalue weighted by molar-refractivity contribution is 7.92. The van der Waals surface area contributed by atoms with Gasteiger partial charge in [-0.15, -0.1) is 0 Å². The Bertz CT molecular complexity index is 1240. The van der Waals surface area contributed by atoms with Gasteiger partial charge in [-0.3, -0.25) is 9.10 Å². The van der Waals surface area contributed by atoms with Crippen molar-refractivity contribution in [3.05, 3.63) is 72.3 Å². The Morgan fingerprint density at radius 3 is 2.00 bits per heavy atom. The van der Waals surface area contributed by atoms with E-state index in [1.807, 2.05) is 0 Å². The van der Waals surface area contributed by atoms with Gasteiger partial charge in [-0.05, 0) is 54.6 Å². The molecule has 174 valence electrons. The Balaban J connectivity index is 1.89. The maximum absolute atomic E-state index is 13.2. The molecule has 0 aliphatic rings. The lowest BCUT2D eigenvalue weighted by Crippen LogP contribution is -2.28. The van der Waals surface area contributed by atoms with Crippen LogP contribution in [0.15, 0.2) is 71.6 Å². The molecule has 0 radical (unpaired) electrons. The number of sulfonamides is 1. The van der Waals surface area contributed by atoms with Crippen molar-refractivity contribution in [3.8, 4) is 17.2 Å². The van der Waals surface area contributed by atoms with E-state index in [0.29, 0.717) is 28.6 Å². The molecule has 3 aromatic carbocycles. The third kappa shape index (κ3) is 4.88. The van der Waals surface area contributed by atoms with Crippen LogP contribution in [0.4, 0.5) is 11.4 Å². The molecule has 0 fully saturated rings. The van der Waals surface area contributed by atoms with E-state index >= 15 is 0 Å². The van der Waals surface area contributed by atoms with Crippen molar-refractivity contribution < 1.29 is 27.4 Å². The van der Waals surface area contributed by atoms with Crippen LogP contribution in [0.5, 0.6) is 17.2 Å². The molecule has 0 saturated carbocycles. The average Bonchev–Trinajstić information content (AvgIpc) is 2.86. The summed E-state index contributed by atoms with van der Waals surface area (Å²) in [7, 11) is 3.75. The summed E-state index contributed by atoms with van der Waals surface area (Å²) < 4.78 is 43.2. The van der Waals surface area contributed by atoms with Gasteiger partial charge in [-0.2, -0.15) is 0 Å². The van der Waals surface area contributed by atoms with Crippen LogP contribution in [0.1, 0.15) is 10.4 Å². The third-order valence-electron chi connectivity index (χ3n) is 5.23. The van der Waals surface area contributed by atoms with Gasteiger partial charge in [0.2, 0.25) is 0 Å². The van der Waals surface area contributed by atoms with E-state index in [0.717, 1.165) is 4.31 Å². The molecule has 0 heterocycles. The molecule has 0 bridgehead atoms. The summed E-state index contributed by atoms with van der Waals surface area (Å²) >= 11 is 0. The number of amides is 1. The molecule has 8 nitrogen and oxygen atoms in total. The molecule has 0 aromatic heterocycles. The van der Waals surface area contributed by atoms with Crippen LogP contribution in [0.3, 0.4) is 0 Å². The van der Waals surface area contributed by atoms with E-state index in [1.165, 1.54) is 45.4 Å². The molecule has 3 rings (SSSR count). The first-order valence-corrected chi connectivity index (χ1v) is 11.4. The number of ether oxygens (including phenoxy) is 3. The minimum atomic E-state index is -3.89. The first kappa shape index (κ1) is 23.9. The van der Waals surface area contributed by atoms with Crippen LogP contribution in [0.25, 0.3) is 0 Å². The molecule has 9 heteroatoms. The number of carbonyl (C=O) groups is 1. The second kappa shape index (κ2) is 9.83. The van der Waals surface area contributed by atoms with Crippen LogP contribution in [-0.2, 0) is 10.0 Å². The molecule has 0 saturated heterocycles. The van der Waals surface area contributed by atoms with Crippen LogP contribution < -0.4 is 23.4 Å². The zero-order chi connectivity index (χ0) is 24.2. The number of anilines is 2. The number of rotatable bonds is 8. The zero-order valence-electron chi connectivity index (χ0n) is 19.1. The van der Waals surface area contributed by atoms with Gasteiger partial charge in [0.25, 0.3) is 15.9 Å². The van der Waals surface area contributed by atoms with Gasteiger partial charge >= 0.3 is 0 Å². The highest BCUT2D eigenvalue weighted by atomic mass is 32.2. The smallest absolute Gasteiger partial charge is 0.264 e. The van der Waals surface area contributed by atoms with Gasteiger partial charge in [0, 0.05) is 31.4 Å². The summed E-state index contributed by atoms with van der Waals surface area (Å²) in [5, 5.41) is 0. The van der Waals surface area contributed by atoms with E-state index in [2.05, 4.69) is 0 Å². The number of nitrogens with zero attached hydrogens (tertiary/aromatic N) is 2. The van der Waals surface area contributed by atoms with E-state index in [4.69, 9.17) is 14.2 Å². The van der Waals surface area contributed by atoms with Crippen molar-refractivity contribution >= 4 is 27.3 Å². The third-order valence-corrected chi connectivity index (χ3v) is 7.02. The first-order valence-electron chi connectivity index (χ1n) is 9.96. The molecule has 0 aliphatic heterocycles. The summed E-state index contributed by atoms with van der Waals surface area (Å²) in [6, 6.07) is 17.7. The molecule has 0 N–H and O–H groups in total. The minimum absolute atomic E-state index is 0.00683. The predicted molar refractivity (Wildman–Crippen MR) is 127 cm³/mol. The largest absolute Gasteiger partial charge is 0.497 e. The Kier molecular flexibility index (Phi) is 7.13. The van der Waals surface area contributed by atoms with Crippen LogP contribution in [0, 0.1) is 0 Å². The summed E-state index contributed by atoms with van der Waals surface area (Å²) in [6.07, 6.45) is 0. The molecule has 33 heavy (non-hydrogen) atoms. The minimum Gasteiger partial charge on any atom is -0.497 e. The fourth-order valence-corrected chi connectivity index (χ4v) is 4.46. The fourth-order valence-electron chi connectivity index (χ4n) is 3.22. The average molecular weight is 471 g/mol. The number of benzene rings is 3. The Labute approximate surface area is 194 Å². The van der Waals surface area contributed by atoms with Crippen molar-refractivity contribution in [3.63, 3.8) is 0 Å². The maximum atomic E-state index is 13.2. The molecular weight excluding hydrogens is 444 g/mol. The quantitative estimate of drug-likeness (QED) is 0.498. The number of carbonyl (C=O) groups excluding carboxylic acids is 1. The van der Waals surface area contributed by atoms with Gasteiger partial charge in [0.1, 0.15) is 5.75 Å². The molecule has 3 aromatic rings. The van der Waals surface area contributed by atoms with Crippen molar-refractivity contribution in [2.75, 3.05) is 44.6 Å². The molecule has 0 atom stereocenters. The van der Waals surface area contributed by atoms with Crippen LogP contribution in [-0.4, -0.2) is 49.7 Å². The predicted octanol–water partition coefficient (Wildman–Crippen LogP) is 3.81. The number of methoxy groups -OCH3 is 3. The Morgan fingerprint density at radius 2 is 1.39 bits per heavy atom. The molecule has 1 amide bonds. The number of hydrogen-bond acceptors (Lipinski definition) is 6. The summed E-state index contributed by atoms with van der Waals surface area (Å²) in [5.74, 6) is 1.27. The van der Waals surface area contributed by atoms with Crippen LogP contribution >= 0.6 is 0 Å². The lowest BCUT2D eigenvalue weighted by Gasteiger charge is -2.21. The lowest BCUT2D eigenvalue weighted by atomic mass is 10.2. The van der Waals surface area contributed by atoms with Crippen molar-refractivity contribution in [1.29, 1.82) is 0 Å². The molecule has 0 aliphatic carbocycles. The summed E-state index contributed by atoms with van der Waals surface area (Å²) in [4.78, 5) is 14.5. The lowest BCUT2D eigenvalue weighted by molar-refractivity contribution is 0.0992. The van der Waals surface area contributed by atoms with E-state index in [1.54, 1.807) is 61.6 Å². The zero-order valence-corrected chi connectivity index (χ0v) is 19.9. The molecule has 0 spiro atoms. The SMILES string of the molecule is COc1ccc(N(C)S(=O)(=O)c2cccc(C(=O)N(C)c3ccc(OC)c(OC)c3)c2)cc1. The highest BCUT2D eigenvalue weighted by Gasteiger charge is 2.24. The monoisotopic (exact) mass is 470 g/mol.